The molecular formula is C22H19ClN4O4S. The number of imidazole rings is 1. The quantitative estimate of drug-likeness (QED) is 0.450. The highest BCUT2D eigenvalue weighted by Crippen LogP contribution is 2.25. The Morgan fingerprint density at radius 2 is 1.66 bits per heavy atom. The Bertz CT molecular complexity index is 1490. The van der Waals surface area contributed by atoms with E-state index < -0.39 is 15.9 Å². The molecule has 4 aromatic rings. The number of benzene rings is 3. The minimum atomic E-state index is -3.93. The molecule has 32 heavy (non-hydrogen) atoms. The van der Waals surface area contributed by atoms with Gasteiger partial charge in [0.1, 0.15) is 6.54 Å². The third-order valence-corrected chi connectivity index (χ3v) is 6.59. The zero-order chi connectivity index (χ0) is 22.9. The van der Waals surface area contributed by atoms with Gasteiger partial charge in [-0.25, -0.2) is 13.2 Å². The van der Waals surface area contributed by atoms with Crippen molar-refractivity contribution in [2.24, 2.45) is 7.05 Å². The molecule has 8 nitrogen and oxygen atoms in total. The predicted molar refractivity (Wildman–Crippen MR) is 125 cm³/mol. The molecule has 0 aliphatic rings. The molecule has 1 heterocycles. The first-order valence-electron chi connectivity index (χ1n) is 9.58. The van der Waals surface area contributed by atoms with Gasteiger partial charge in [0.2, 0.25) is 5.91 Å². The van der Waals surface area contributed by atoms with E-state index in [9.17, 15) is 18.0 Å². The van der Waals surface area contributed by atoms with Crippen LogP contribution in [0.15, 0.2) is 82.5 Å². The number of fused-ring (bicyclic) bond motifs is 1. The van der Waals surface area contributed by atoms with E-state index in [-0.39, 0.29) is 33.5 Å². The molecule has 0 fully saturated rings. The smallest absolute Gasteiger partial charge is 0.324 e. The van der Waals surface area contributed by atoms with Gasteiger partial charge in [-0.1, -0.05) is 41.9 Å². The van der Waals surface area contributed by atoms with Crippen molar-refractivity contribution in [2.75, 3.05) is 10.0 Å². The number of aromatic nitrogens is 2. The Morgan fingerprint density at radius 1 is 0.969 bits per heavy atom. The van der Waals surface area contributed by atoms with Crippen molar-refractivity contribution in [3.05, 3.63) is 88.3 Å². The zero-order valence-electron chi connectivity index (χ0n) is 16.9. The van der Waals surface area contributed by atoms with Crippen LogP contribution in [0.1, 0.15) is 0 Å². The van der Waals surface area contributed by atoms with E-state index >= 15 is 0 Å². The summed E-state index contributed by atoms with van der Waals surface area (Å²) in [5.74, 6) is -0.461. The van der Waals surface area contributed by atoms with Gasteiger partial charge in [-0.2, -0.15) is 0 Å². The second-order valence-electron chi connectivity index (χ2n) is 7.08. The van der Waals surface area contributed by atoms with Gasteiger partial charge in [0.25, 0.3) is 10.0 Å². The molecule has 164 valence electrons. The van der Waals surface area contributed by atoms with Gasteiger partial charge < -0.3 is 5.32 Å². The van der Waals surface area contributed by atoms with Crippen molar-refractivity contribution in [1.29, 1.82) is 0 Å². The molecule has 0 saturated heterocycles. The first-order valence-corrected chi connectivity index (χ1v) is 11.4. The molecule has 0 bridgehead atoms. The number of nitrogens with one attached hydrogen (secondary N) is 2. The fraction of sp³-hybridized carbons (Fsp3) is 0.0909. The Kier molecular flexibility index (Phi) is 5.77. The number of nitrogens with zero attached hydrogens (tertiary/aromatic N) is 2. The third-order valence-electron chi connectivity index (χ3n) is 4.90. The van der Waals surface area contributed by atoms with Gasteiger partial charge in [0.05, 0.1) is 26.6 Å². The number of anilines is 2. The maximum Gasteiger partial charge on any atom is 0.329 e. The molecule has 0 unspecified atom stereocenters. The molecule has 3 aromatic carbocycles. The summed E-state index contributed by atoms with van der Waals surface area (Å²) >= 11 is 6.04. The Labute approximate surface area is 189 Å². The number of aryl methyl sites for hydroxylation is 1. The first kappa shape index (κ1) is 21.7. The van der Waals surface area contributed by atoms with Gasteiger partial charge in [-0.05, 0) is 42.5 Å². The standard InChI is InChI=1S/C22H19ClN4O4S/c1-26-19-11-4-5-12-20(19)27(22(26)29)14-21(28)24-15-7-6-8-16(13-15)32(30,31)25-18-10-3-2-9-17(18)23/h2-13,25H,14H2,1H3,(H,24,28). The summed E-state index contributed by atoms with van der Waals surface area (Å²) in [5.41, 5.74) is 1.56. The monoisotopic (exact) mass is 470 g/mol. The summed E-state index contributed by atoms with van der Waals surface area (Å²) < 4.78 is 30.8. The van der Waals surface area contributed by atoms with E-state index in [0.717, 1.165) is 0 Å². The average Bonchev–Trinajstić information content (AvgIpc) is 3.00. The van der Waals surface area contributed by atoms with Crippen LogP contribution in [-0.4, -0.2) is 23.5 Å². The number of rotatable bonds is 6. The summed E-state index contributed by atoms with van der Waals surface area (Å²) in [6.45, 7) is -0.213. The number of carbonyl (C=O) groups excluding carboxylic acids is 1. The summed E-state index contributed by atoms with van der Waals surface area (Å²) in [5, 5.41) is 2.92. The van der Waals surface area contributed by atoms with Gasteiger partial charge in [-0.3, -0.25) is 18.7 Å². The molecule has 4 rings (SSSR count). The first-order chi connectivity index (χ1) is 15.3. The number of amides is 1. The van der Waals surface area contributed by atoms with Crippen LogP contribution in [0.5, 0.6) is 0 Å². The van der Waals surface area contributed by atoms with Crippen LogP contribution in [0, 0.1) is 0 Å². The topological polar surface area (TPSA) is 102 Å². The van der Waals surface area contributed by atoms with Gasteiger partial charge >= 0.3 is 5.69 Å². The van der Waals surface area contributed by atoms with Gasteiger partial charge in [0.15, 0.2) is 0 Å². The van der Waals surface area contributed by atoms with E-state index in [4.69, 9.17) is 11.6 Å². The van der Waals surface area contributed by atoms with Crippen molar-refractivity contribution in [1.82, 2.24) is 9.13 Å². The lowest BCUT2D eigenvalue weighted by molar-refractivity contribution is -0.116. The maximum atomic E-state index is 12.7. The lowest BCUT2D eigenvalue weighted by Gasteiger charge is -2.11. The van der Waals surface area contributed by atoms with Crippen molar-refractivity contribution in [3.8, 4) is 0 Å². The summed E-state index contributed by atoms with van der Waals surface area (Å²) in [6.07, 6.45) is 0. The van der Waals surface area contributed by atoms with Crippen LogP contribution in [0.2, 0.25) is 5.02 Å². The van der Waals surface area contributed by atoms with E-state index in [1.165, 1.54) is 27.3 Å². The van der Waals surface area contributed by atoms with Crippen LogP contribution in [0.25, 0.3) is 11.0 Å². The van der Waals surface area contributed by atoms with Crippen molar-refractivity contribution >= 4 is 49.9 Å². The molecule has 0 spiro atoms. The van der Waals surface area contributed by atoms with Crippen LogP contribution in [-0.2, 0) is 28.4 Å². The minimum absolute atomic E-state index is 0.0439. The van der Waals surface area contributed by atoms with Gasteiger partial charge in [-0.15, -0.1) is 0 Å². The lowest BCUT2D eigenvalue weighted by Crippen LogP contribution is -2.28. The molecule has 0 saturated carbocycles. The molecule has 0 aliphatic carbocycles. The highest BCUT2D eigenvalue weighted by molar-refractivity contribution is 7.92. The van der Waals surface area contributed by atoms with Gasteiger partial charge in [0, 0.05) is 12.7 Å². The third kappa shape index (κ3) is 4.25. The fourth-order valence-electron chi connectivity index (χ4n) is 3.35. The van der Waals surface area contributed by atoms with Crippen LogP contribution in [0.4, 0.5) is 11.4 Å². The van der Waals surface area contributed by atoms with Crippen LogP contribution < -0.4 is 15.7 Å². The van der Waals surface area contributed by atoms with E-state index in [0.29, 0.717) is 11.0 Å². The molecule has 1 amide bonds. The Hall–Kier alpha value is -3.56. The molecule has 10 heteroatoms. The summed E-state index contributed by atoms with van der Waals surface area (Å²) in [7, 11) is -2.29. The second kappa shape index (κ2) is 8.52. The Morgan fingerprint density at radius 3 is 2.41 bits per heavy atom. The number of carbonyl (C=O) groups is 1. The normalized spacial score (nSPS) is 11.4. The van der Waals surface area contributed by atoms with Crippen LogP contribution in [0.3, 0.4) is 0 Å². The number of para-hydroxylation sites is 3. The van der Waals surface area contributed by atoms with E-state index in [1.54, 1.807) is 55.6 Å². The van der Waals surface area contributed by atoms with Crippen LogP contribution >= 0.6 is 11.6 Å². The molecule has 0 atom stereocenters. The SMILES string of the molecule is Cn1c(=O)n(CC(=O)Nc2cccc(S(=O)(=O)Nc3ccccc3Cl)c2)c2ccccc21. The molecule has 0 radical (unpaired) electrons. The summed E-state index contributed by atoms with van der Waals surface area (Å²) in [6, 6.07) is 19.5. The van der Waals surface area contributed by atoms with Crippen molar-refractivity contribution in [2.45, 2.75) is 11.4 Å². The number of halogens is 1. The predicted octanol–water partition coefficient (Wildman–Crippen LogP) is 3.43. The maximum absolute atomic E-state index is 12.7. The largest absolute Gasteiger partial charge is 0.329 e. The fourth-order valence-corrected chi connectivity index (χ4v) is 4.71. The second-order valence-corrected chi connectivity index (χ2v) is 9.17. The molecule has 0 aliphatic heterocycles. The number of hydrogen-bond donors (Lipinski definition) is 2. The zero-order valence-corrected chi connectivity index (χ0v) is 18.5. The highest BCUT2D eigenvalue weighted by atomic mass is 35.5. The summed E-state index contributed by atoms with van der Waals surface area (Å²) in [4.78, 5) is 25.1. The van der Waals surface area contributed by atoms with Crippen molar-refractivity contribution < 1.29 is 13.2 Å². The van der Waals surface area contributed by atoms with Crippen molar-refractivity contribution in [3.63, 3.8) is 0 Å². The minimum Gasteiger partial charge on any atom is -0.324 e. The van der Waals surface area contributed by atoms with E-state index in [2.05, 4.69) is 10.0 Å². The molecular weight excluding hydrogens is 452 g/mol. The highest BCUT2D eigenvalue weighted by Gasteiger charge is 2.17. The lowest BCUT2D eigenvalue weighted by atomic mass is 10.3. The number of hydrogen-bond acceptors (Lipinski definition) is 4. The molecule has 1 aromatic heterocycles. The average molecular weight is 471 g/mol. The Balaban J connectivity index is 1.55. The number of sulfonamides is 1. The molecule has 2 N–H and O–H groups in total. The van der Waals surface area contributed by atoms with E-state index in [1.807, 2.05) is 6.07 Å².